The number of guanidine groups is 1. The van der Waals surface area contributed by atoms with Gasteiger partial charge >= 0.3 is 0 Å². The highest BCUT2D eigenvalue weighted by molar-refractivity contribution is 14.0. The highest BCUT2D eigenvalue weighted by atomic mass is 127. The number of nitrogens with zero attached hydrogens (tertiary/aromatic N) is 4. The first-order chi connectivity index (χ1) is 13.1. The zero-order valence-corrected chi connectivity index (χ0v) is 19.4. The first kappa shape index (κ1) is 22.6. The number of likely N-dealkylation sites (tertiary alicyclic amines) is 1. The van der Waals surface area contributed by atoms with Gasteiger partial charge in [-0.15, -0.1) is 24.0 Å². The van der Waals surface area contributed by atoms with Gasteiger partial charge in [0.05, 0.1) is 0 Å². The maximum atomic E-state index is 4.37. The summed E-state index contributed by atoms with van der Waals surface area (Å²) in [6, 6.07) is 8.26. The molecule has 7 nitrogen and oxygen atoms in total. The average molecular weight is 497 g/mol. The first-order valence-electron chi connectivity index (χ1n) is 9.73. The van der Waals surface area contributed by atoms with E-state index in [1.165, 1.54) is 44.2 Å². The summed E-state index contributed by atoms with van der Waals surface area (Å²) in [5.74, 6) is 1.60. The van der Waals surface area contributed by atoms with Crippen molar-refractivity contribution >= 4 is 29.9 Å². The van der Waals surface area contributed by atoms with Crippen molar-refractivity contribution in [3.63, 3.8) is 0 Å². The Hall–Kier alpha value is -1.68. The summed E-state index contributed by atoms with van der Waals surface area (Å²) in [5, 5.41) is 13.7. The molecular weight excluding hydrogens is 465 g/mol. The number of aliphatic imine (C=N–C) groups is 1. The zero-order valence-electron chi connectivity index (χ0n) is 17.0. The van der Waals surface area contributed by atoms with Crippen molar-refractivity contribution in [1.82, 2.24) is 30.7 Å². The summed E-state index contributed by atoms with van der Waals surface area (Å²) in [4.78, 5) is 11.2. The third kappa shape index (κ3) is 6.16. The molecule has 8 heteroatoms. The van der Waals surface area contributed by atoms with Crippen LogP contribution >= 0.6 is 24.0 Å². The zero-order chi connectivity index (χ0) is 19.1. The molecule has 1 aliphatic rings. The maximum Gasteiger partial charge on any atom is 0.191 e. The Labute approximate surface area is 184 Å². The van der Waals surface area contributed by atoms with Crippen LogP contribution in [0.1, 0.15) is 38.7 Å². The molecular formula is C20H32IN7. The predicted molar refractivity (Wildman–Crippen MR) is 125 cm³/mol. The molecule has 0 radical (unpaired) electrons. The smallest absolute Gasteiger partial charge is 0.191 e. The fourth-order valence-corrected chi connectivity index (χ4v) is 3.49. The Morgan fingerprint density at radius 2 is 2.00 bits per heavy atom. The van der Waals surface area contributed by atoms with Gasteiger partial charge in [-0.05, 0) is 51.4 Å². The number of hydrogen-bond acceptors (Lipinski definition) is 4. The number of nitrogens with one attached hydrogen (secondary N) is 3. The number of aromatic nitrogens is 3. The van der Waals surface area contributed by atoms with Crippen LogP contribution in [0.4, 0.5) is 0 Å². The van der Waals surface area contributed by atoms with E-state index < -0.39 is 0 Å². The third-order valence-electron chi connectivity index (χ3n) is 5.20. The largest absolute Gasteiger partial charge is 0.355 e. The van der Waals surface area contributed by atoms with Crippen molar-refractivity contribution in [2.24, 2.45) is 4.99 Å². The number of rotatable bonds is 6. The van der Waals surface area contributed by atoms with Crippen molar-refractivity contribution < 1.29 is 0 Å². The predicted octanol–water partition coefficient (Wildman–Crippen LogP) is 3.02. The third-order valence-corrected chi connectivity index (χ3v) is 5.20. The quantitative estimate of drug-likeness (QED) is 0.325. The molecule has 0 spiro atoms. The second kappa shape index (κ2) is 10.8. The van der Waals surface area contributed by atoms with Crippen LogP contribution in [-0.4, -0.2) is 58.3 Å². The van der Waals surface area contributed by atoms with E-state index in [1.54, 1.807) is 0 Å². The van der Waals surface area contributed by atoms with Gasteiger partial charge in [-0.2, -0.15) is 5.10 Å². The van der Waals surface area contributed by atoms with Crippen LogP contribution in [0.5, 0.6) is 0 Å². The number of benzene rings is 1. The van der Waals surface area contributed by atoms with Crippen LogP contribution in [0.2, 0.25) is 0 Å². The van der Waals surface area contributed by atoms with Crippen molar-refractivity contribution in [2.45, 2.75) is 45.2 Å². The Morgan fingerprint density at radius 1 is 1.21 bits per heavy atom. The van der Waals surface area contributed by atoms with E-state index in [4.69, 9.17) is 0 Å². The lowest BCUT2D eigenvalue weighted by molar-refractivity contribution is 0.0982. The summed E-state index contributed by atoms with van der Waals surface area (Å²) in [6.07, 6.45) is 5.49. The molecule has 2 heterocycles. The molecule has 0 unspecified atom stereocenters. The molecule has 154 valence electrons. The van der Waals surface area contributed by atoms with Crippen molar-refractivity contribution in [3.8, 4) is 11.4 Å². The number of piperidine rings is 1. The van der Waals surface area contributed by atoms with Crippen LogP contribution < -0.4 is 10.6 Å². The minimum Gasteiger partial charge on any atom is -0.355 e. The standard InChI is InChI=1S/C20H31N7.HI/c1-20(2,27-10-5-4-6-11-27)14-23-19(21-3)22-13-16-8-7-9-17(12-16)18-24-15-25-26-18;/h7-9,12,15H,4-6,10-11,13-14H2,1-3H3,(H2,21,22,23)(H,24,25,26);1H. The number of hydrogen-bond donors (Lipinski definition) is 3. The molecule has 1 fully saturated rings. The van der Waals surface area contributed by atoms with Gasteiger partial charge in [0.15, 0.2) is 11.8 Å². The van der Waals surface area contributed by atoms with E-state index in [-0.39, 0.29) is 29.5 Å². The van der Waals surface area contributed by atoms with Crippen molar-refractivity contribution in [1.29, 1.82) is 0 Å². The number of aromatic amines is 1. The maximum absolute atomic E-state index is 4.37. The molecule has 0 saturated carbocycles. The Bertz CT molecular complexity index is 737. The summed E-state index contributed by atoms with van der Waals surface area (Å²) >= 11 is 0. The summed E-state index contributed by atoms with van der Waals surface area (Å²) < 4.78 is 0. The van der Waals surface area contributed by atoms with Crippen molar-refractivity contribution in [2.75, 3.05) is 26.7 Å². The minimum atomic E-state index is 0. The fraction of sp³-hybridized carbons (Fsp3) is 0.550. The number of H-pyrrole nitrogens is 1. The molecule has 2 aromatic rings. The topological polar surface area (TPSA) is 81.2 Å². The Morgan fingerprint density at radius 3 is 2.68 bits per heavy atom. The van der Waals surface area contributed by atoms with E-state index in [2.05, 4.69) is 61.7 Å². The van der Waals surface area contributed by atoms with Gasteiger partial charge in [0.1, 0.15) is 6.33 Å². The van der Waals surface area contributed by atoms with E-state index in [9.17, 15) is 0 Å². The molecule has 3 rings (SSSR count). The first-order valence-corrected chi connectivity index (χ1v) is 9.73. The lowest BCUT2D eigenvalue weighted by Gasteiger charge is -2.41. The lowest BCUT2D eigenvalue weighted by Crippen LogP contribution is -2.54. The van der Waals surface area contributed by atoms with Crippen LogP contribution in [0.25, 0.3) is 11.4 Å². The van der Waals surface area contributed by atoms with Gasteiger partial charge in [0, 0.05) is 31.2 Å². The molecule has 28 heavy (non-hydrogen) atoms. The second-order valence-electron chi connectivity index (χ2n) is 7.67. The van der Waals surface area contributed by atoms with Gasteiger partial charge in [-0.3, -0.25) is 15.0 Å². The molecule has 1 aromatic heterocycles. The molecule has 0 aliphatic carbocycles. The van der Waals surface area contributed by atoms with Gasteiger partial charge in [-0.1, -0.05) is 24.6 Å². The van der Waals surface area contributed by atoms with E-state index in [1.807, 2.05) is 19.2 Å². The van der Waals surface area contributed by atoms with E-state index in [0.29, 0.717) is 6.54 Å². The fourth-order valence-electron chi connectivity index (χ4n) is 3.49. The molecule has 0 atom stereocenters. The highest BCUT2D eigenvalue weighted by Gasteiger charge is 2.27. The molecule has 1 saturated heterocycles. The van der Waals surface area contributed by atoms with Gasteiger partial charge in [0.2, 0.25) is 0 Å². The van der Waals surface area contributed by atoms with E-state index in [0.717, 1.165) is 23.9 Å². The van der Waals surface area contributed by atoms with Gasteiger partial charge in [-0.25, -0.2) is 4.98 Å². The molecule has 1 aromatic carbocycles. The normalized spacial score (nSPS) is 15.8. The average Bonchev–Trinajstić information content (AvgIpc) is 3.24. The van der Waals surface area contributed by atoms with E-state index >= 15 is 0 Å². The van der Waals surface area contributed by atoms with Gasteiger partial charge in [0.25, 0.3) is 0 Å². The van der Waals surface area contributed by atoms with Crippen LogP contribution in [0, 0.1) is 0 Å². The monoisotopic (exact) mass is 497 g/mol. The van der Waals surface area contributed by atoms with Crippen LogP contribution in [-0.2, 0) is 6.54 Å². The minimum absolute atomic E-state index is 0. The Kier molecular flexibility index (Phi) is 8.68. The highest BCUT2D eigenvalue weighted by Crippen LogP contribution is 2.20. The summed E-state index contributed by atoms with van der Waals surface area (Å²) in [6.45, 7) is 8.56. The van der Waals surface area contributed by atoms with Crippen LogP contribution in [0.15, 0.2) is 35.6 Å². The Balaban J connectivity index is 0.00000280. The molecule has 3 N–H and O–H groups in total. The summed E-state index contributed by atoms with van der Waals surface area (Å²) in [5.41, 5.74) is 2.31. The van der Waals surface area contributed by atoms with Crippen LogP contribution in [0.3, 0.4) is 0 Å². The van der Waals surface area contributed by atoms with Gasteiger partial charge < -0.3 is 10.6 Å². The molecule has 0 bridgehead atoms. The number of halogens is 1. The SMILES string of the molecule is CN=C(NCc1cccc(-c2ncn[nH]2)c1)NCC(C)(C)N1CCCCC1.I. The molecule has 0 amide bonds. The lowest BCUT2D eigenvalue weighted by atomic mass is 9.98. The summed E-state index contributed by atoms with van der Waals surface area (Å²) in [7, 11) is 1.81. The van der Waals surface area contributed by atoms with Crippen molar-refractivity contribution in [3.05, 3.63) is 36.2 Å². The molecule has 1 aliphatic heterocycles. The second-order valence-corrected chi connectivity index (χ2v) is 7.67.